The smallest absolute Gasteiger partial charge is 0.139 e. The minimum Gasteiger partial charge on any atom is -0.393 e. The Morgan fingerprint density at radius 2 is 1.86 bits per heavy atom. The predicted octanol–water partition coefficient (Wildman–Crippen LogP) is 3.14. The lowest BCUT2D eigenvalue weighted by molar-refractivity contribution is -0.171. The van der Waals surface area contributed by atoms with Crippen LogP contribution in [0.15, 0.2) is 0 Å². The molecule has 4 rings (SSSR count). The maximum Gasteiger partial charge on any atom is 0.139 e. The monoisotopic (exact) mass is 304 g/mol. The molecule has 4 aliphatic rings. The average molecular weight is 304 g/mol. The quantitative estimate of drug-likeness (QED) is 0.748. The van der Waals surface area contributed by atoms with Crippen molar-refractivity contribution in [3.8, 4) is 0 Å². The highest BCUT2D eigenvalue weighted by atomic mass is 16.3. The lowest BCUT2D eigenvalue weighted by Crippen LogP contribution is -2.58. The molecule has 122 valence electrons. The summed E-state index contributed by atoms with van der Waals surface area (Å²) in [6.07, 6.45) is 6.55. The first-order chi connectivity index (χ1) is 10.4. The van der Waals surface area contributed by atoms with Crippen LogP contribution in [-0.4, -0.2) is 22.8 Å². The van der Waals surface area contributed by atoms with Crippen molar-refractivity contribution in [2.24, 2.45) is 34.5 Å². The molecule has 0 heterocycles. The predicted molar refractivity (Wildman–Crippen MR) is 83.1 cm³/mol. The van der Waals surface area contributed by atoms with E-state index in [9.17, 15) is 14.7 Å². The largest absolute Gasteiger partial charge is 0.393 e. The van der Waals surface area contributed by atoms with Gasteiger partial charge in [-0.15, -0.1) is 0 Å². The number of ketones is 2. The molecule has 0 saturated heterocycles. The van der Waals surface area contributed by atoms with Crippen LogP contribution in [0.2, 0.25) is 0 Å². The van der Waals surface area contributed by atoms with Crippen molar-refractivity contribution in [1.29, 1.82) is 0 Å². The SMILES string of the molecule is C[C@]12CCC(=O)C[C@H]1CC[C@@H]1[C@@H]2[C@H](O)C[C@]2(C)C(=O)CC[C@@H]12. The first-order valence-electron chi connectivity index (χ1n) is 9.09. The fraction of sp³-hybridized carbons (Fsp3) is 0.895. The van der Waals surface area contributed by atoms with Crippen LogP contribution in [0.5, 0.6) is 0 Å². The van der Waals surface area contributed by atoms with E-state index in [0.717, 1.165) is 25.7 Å². The number of hydrogen-bond donors (Lipinski definition) is 1. The second kappa shape index (κ2) is 4.66. The van der Waals surface area contributed by atoms with Crippen molar-refractivity contribution in [1.82, 2.24) is 0 Å². The Bertz CT molecular complexity index is 527. The molecule has 0 aromatic heterocycles. The summed E-state index contributed by atoms with van der Waals surface area (Å²) in [4.78, 5) is 24.3. The average Bonchev–Trinajstić information content (AvgIpc) is 2.75. The Morgan fingerprint density at radius 1 is 1.09 bits per heavy atom. The van der Waals surface area contributed by atoms with E-state index in [0.29, 0.717) is 60.9 Å². The number of fused-ring (bicyclic) bond motifs is 5. The highest BCUT2D eigenvalue weighted by Crippen LogP contribution is 2.65. The van der Waals surface area contributed by atoms with Crippen LogP contribution in [0.3, 0.4) is 0 Å². The van der Waals surface area contributed by atoms with Crippen molar-refractivity contribution in [3.05, 3.63) is 0 Å². The standard InChI is InChI=1S/C19H28O3/c1-18-8-7-12(20)9-11(18)3-4-13-14-5-6-16(22)19(14,2)10-15(21)17(13)18/h11,13-15,17,21H,3-10H2,1-2H3/t11-,13+,14+,15-,17-,18+,19+/m1/s1. The molecule has 4 fully saturated rings. The molecule has 0 amide bonds. The lowest BCUT2D eigenvalue weighted by Gasteiger charge is -2.60. The van der Waals surface area contributed by atoms with Crippen LogP contribution in [-0.2, 0) is 9.59 Å². The molecule has 0 radical (unpaired) electrons. The van der Waals surface area contributed by atoms with Gasteiger partial charge in [-0.2, -0.15) is 0 Å². The van der Waals surface area contributed by atoms with E-state index in [1.54, 1.807) is 0 Å². The van der Waals surface area contributed by atoms with Crippen molar-refractivity contribution in [2.45, 2.75) is 71.3 Å². The van der Waals surface area contributed by atoms with E-state index < -0.39 is 0 Å². The number of carbonyl (C=O) groups excluding carboxylic acids is 2. The summed E-state index contributed by atoms with van der Waals surface area (Å²) in [6, 6.07) is 0. The van der Waals surface area contributed by atoms with Crippen LogP contribution in [0.1, 0.15) is 65.2 Å². The fourth-order valence-electron chi connectivity index (χ4n) is 6.94. The van der Waals surface area contributed by atoms with E-state index in [-0.39, 0.29) is 16.9 Å². The Labute approximate surface area is 132 Å². The van der Waals surface area contributed by atoms with Crippen molar-refractivity contribution in [3.63, 3.8) is 0 Å². The molecule has 4 saturated carbocycles. The molecule has 22 heavy (non-hydrogen) atoms. The molecular formula is C19H28O3. The minimum absolute atomic E-state index is 0.100. The Kier molecular flexibility index (Phi) is 3.15. The second-order valence-corrected chi connectivity index (χ2v) is 8.97. The summed E-state index contributed by atoms with van der Waals surface area (Å²) < 4.78 is 0. The van der Waals surface area contributed by atoms with Gasteiger partial charge in [0.05, 0.1) is 6.10 Å². The van der Waals surface area contributed by atoms with Gasteiger partial charge in [-0.05, 0) is 61.2 Å². The fourth-order valence-corrected chi connectivity index (χ4v) is 6.94. The van der Waals surface area contributed by atoms with Gasteiger partial charge in [0.15, 0.2) is 0 Å². The summed E-state index contributed by atoms with van der Waals surface area (Å²) in [5, 5.41) is 11.0. The molecule has 0 aliphatic heterocycles. The van der Waals surface area contributed by atoms with Gasteiger partial charge >= 0.3 is 0 Å². The molecule has 0 bridgehead atoms. The topological polar surface area (TPSA) is 54.4 Å². The molecule has 0 aromatic carbocycles. The highest BCUT2D eigenvalue weighted by molar-refractivity contribution is 5.87. The first-order valence-corrected chi connectivity index (χ1v) is 9.09. The summed E-state index contributed by atoms with van der Waals surface area (Å²) in [6.45, 7) is 4.43. The van der Waals surface area contributed by atoms with Gasteiger partial charge in [0, 0.05) is 24.7 Å². The zero-order valence-corrected chi connectivity index (χ0v) is 13.8. The van der Waals surface area contributed by atoms with E-state index >= 15 is 0 Å². The van der Waals surface area contributed by atoms with Gasteiger partial charge < -0.3 is 5.11 Å². The Hall–Kier alpha value is -0.700. The van der Waals surface area contributed by atoms with Gasteiger partial charge in [0.2, 0.25) is 0 Å². The summed E-state index contributed by atoms with van der Waals surface area (Å²) in [5.41, 5.74) is -0.183. The van der Waals surface area contributed by atoms with Crippen LogP contribution < -0.4 is 0 Å². The zero-order chi connectivity index (χ0) is 15.7. The normalized spacial score (nSPS) is 54.6. The van der Waals surface area contributed by atoms with Crippen LogP contribution >= 0.6 is 0 Å². The highest BCUT2D eigenvalue weighted by Gasteiger charge is 2.63. The molecule has 1 N–H and O–H groups in total. The van der Waals surface area contributed by atoms with Crippen LogP contribution in [0.4, 0.5) is 0 Å². The summed E-state index contributed by atoms with van der Waals surface area (Å²) in [5.74, 6) is 2.47. The molecule has 3 nitrogen and oxygen atoms in total. The number of rotatable bonds is 0. The minimum atomic E-state index is -0.366. The number of aliphatic hydroxyl groups excluding tert-OH is 1. The molecule has 0 spiro atoms. The zero-order valence-electron chi connectivity index (χ0n) is 13.8. The van der Waals surface area contributed by atoms with Gasteiger partial charge in [0.25, 0.3) is 0 Å². The molecular weight excluding hydrogens is 276 g/mol. The lowest BCUT2D eigenvalue weighted by atomic mass is 9.44. The Balaban J connectivity index is 1.70. The van der Waals surface area contributed by atoms with Gasteiger partial charge in [-0.3, -0.25) is 9.59 Å². The van der Waals surface area contributed by atoms with Crippen molar-refractivity contribution >= 4 is 11.6 Å². The van der Waals surface area contributed by atoms with Gasteiger partial charge in [-0.25, -0.2) is 0 Å². The third-order valence-electron chi connectivity index (χ3n) is 8.12. The van der Waals surface area contributed by atoms with E-state index in [1.165, 1.54) is 0 Å². The Morgan fingerprint density at radius 3 is 2.64 bits per heavy atom. The maximum absolute atomic E-state index is 12.4. The van der Waals surface area contributed by atoms with Crippen LogP contribution in [0, 0.1) is 34.5 Å². The third kappa shape index (κ3) is 1.78. The van der Waals surface area contributed by atoms with Crippen molar-refractivity contribution in [2.75, 3.05) is 0 Å². The first kappa shape index (κ1) is 14.9. The van der Waals surface area contributed by atoms with Crippen LogP contribution in [0.25, 0.3) is 0 Å². The third-order valence-corrected chi connectivity index (χ3v) is 8.12. The second-order valence-electron chi connectivity index (χ2n) is 8.97. The van der Waals surface area contributed by atoms with E-state index in [1.807, 2.05) is 0 Å². The van der Waals surface area contributed by atoms with Crippen molar-refractivity contribution < 1.29 is 14.7 Å². The van der Waals surface area contributed by atoms with Gasteiger partial charge in [-0.1, -0.05) is 13.8 Å². The van der Waals surface area contributed by atoms with Gasteiger partial charge in [0.1, 0.15) is 11.6 Å². The molecule has 7 atom stereocenters. The molecule has 0 aromatic rings. The van der Waals surface area contributed by atoms with E-state index in [2.05, 4.69) is 13.8 Å². The number of aliphatic hydroxyl groups is 1. The van der Waals surface area contributed by atoms with E-state index in [4.69, 9.17) is 0 Å². The number of carbonyl (C=O) groups is 2. The molecule has 0 unspecified atom stereocenters. The maximum atomic E-state index is 12.4. The number of hydrogen-bond acceptors (Lipinski definition) is 3. The summed E-state index contributed by atoms with van der Waals surface area (Å²) in [7, 11) is 0. The number of Topliss-reactive ketones (excluding diaryl/α,β-unsaturated/α-hetero) is 2. The molecule has 3 heteroatoms. The summed E-state index contributed by atoms with van der Waals surface area (Å²) >= 11 is 0. The molecule has 4 aliphatic carbocycles.